The van der Waals surface area contributed by atoms with Crippen molar-refractivity contribution in [3.8, 4) is 0 Å². The Labute approximate surface area is 113 Å². The number of hydrogen-bond donors (Lipinski definition) is 1. The number of aromatic amines is 1. The molecule has 1 amide bonds. The molecular weight excluding hydrogens is 236 g/mol. The van der Waals surface area contributed by atoms with E-state index in [-0.39, 0.29) is 5.91 Å². The maximum atomic E-state index is 12.6. The van der Waals surface area contributed by atoms with Crippen LogP contribution >= 0.6 is 0 Å². The highest BCUT2D eigenvalue weighted by Gasteiger charge is 2.26. The summed E-state index contributed by atoms with van der Waals surface area (Å²) in [5.74, 6) is 0.912. The Morgan fingerprint density at radius 3 is 2.95 bits per heavy atom. The van der Waals surface area contributed by atoms with Crippen LogP contribution < -0.4 is 0 Å². The van der Waals surface area contributed by atoms with Gasteiger partial charge in [-0.15, -0.1) is 0 Å². The Morgan fingerprint density at radius 1 is 1.37 bits per heavy atom. The predicted octanol–water partition coefficient (Wildman–Crippen LogP) is 3.43. The van der Waals surface area contributed by atoms with Gasteiger partial charge in [0.15, 0.2) is 0 Å². The number of rotatable bonds is 5. The zero-order valence-electron chi connectivity index (χ0n) is 11.4. The van der Waals surface area contributed by atoms with Crippen molar-refractivity contribution < 1.29 is 4.79 Å². The summed E-state index contributed by atoms with van der Waals surface area (Å²) in [5, 5.41) is 1.15. The third-order valence-corrected chi connectivity index (χ3v) is 3.76. The van der Waals surface area contributed by atoms with Gasteiger partial charge in [0.1, 0.15) is 0 Å². The van der Waals surface area contributed by atoms with Gasteiger partial charge in [-0.1, -0.05) is 13.0 Å². The van der Waals surface area contributed by atoms with Crippen LogP contribution in [-0.2, 0) is 0 Å². The highest BCUT2D eigenvalue weighted by molar-refractivity contribution is 5.97. The average molecular weight is 256 g/mol. The van der Waals surface area contributed by atoms with Gasteiger partial charge in [0.05, 0.1) is 0 Å². The maximum Gasteiger partial charge on any atom is 0.253 e. The van der Waals surface area contributed by atoms with Crippen molar-refractivity contribution in [2.24, 2.45) is 5.92 Å². The van der Waals surface area contributed by atoms with Crippen LogP contribution in [0.5, 0.6) is 0 Å². The van der Waals surface area contributed by atoms with E-state index in [1.165, 1.54) is 12.8 Å². The molecule has 1 aromatic heterocycles. The summed E-state index contributed by atoms with van der Waals surface area (Å²) < 4.78 is 0. The van der Waals surface area contributed by atoms with Gasteiger partial charge in [-0.25, -0.2) is 0 Å². The molecule has 100 valence electrons. The normalized spacial score (nSPS) is 14.8. The lowest BCUT2D eigenvalue weighted by molar-refractivity contribution is 0.0748. The Bertz CT molecular complexity index is 583. The molecule has 0 spiro atoms. The molecular formula is C16H20N2O. The predicted molar refractivity (Wildman–Crippen MR) is 77.2 cm³/mol. The van der Waals surface area contributed by atoms with Crippen LogP contribution in [0.2, 0.25) is 0 Å². The van der Waals surface area contributed by atoms with Crippen molar-refractivity contribution in [3.05, 3.63) is 36.0 Å². The molecule has 0 saturated heterocycles. The topological polar surface area (TPSA) is 36.1 Å². The van der Waals surface area contributed by atoms with E-state index in [2.05, 4.69) is 11.9 Å². The number of benzene rings is 1. The van der Waals surface area contributed by atoms with E-state index in [1.807, 2.05) is 35.4 Å². The number of H-pyrrole nitrogens is 1. The average Bonchev–Trinajstić information content (AvgIpc) is 3.11. The molecule has 3 nitrogen and oxygen atoms in total. The highest BCUT2D eigenvalue weighted by atomic mass is 16.2. The number of carbonyl (C=O) groups is 1. The van der Waals surface area contributed by atoms with E-state index in [1.54, 1.807) is 0 Å². The summed E-state index contributed by atoms with van der Waals surface area (Å²) in [6.45, 7) is 3.91. The number of amides is 1. The van der Waals surface area contributed by atoms with E-state index in [9.17, 15) is 4.79 Å². The van der Waals surface area contributed by atoms with Gasteiger partial charge in [0.25, 0.3) is 5.91 Å². The lowest BCUT2D eigenvalue weighted by Gasteiger charge is -2.22. The van der Waals surface area contributed by atoms with Gasteiger partial charge >= 0.3 is 0 Å². The van der Waals surface area contributed by atoms with Crippen molar-refractivity contribution in [1.29, 1.82) is 0 Å². The van der Waals surface area contributed by atoms with Crippen LogP contribution in [0.1, 0.15) is 36.5 Å². The minimum atomic E-state index is 0.172. The molecule has 19 heavy (non-hydrogen) atoms. The fourth-order valence-corrected chi connectivity index (χ4v) is 2.52. The molecule has 1 N–H and O–H groups in total. The summed E-state index contributed by atoms with van der Waals surface area (Å²) in [6, 6.07) is 7.94. The monoisotopic (exact) mass is 256 g/mol. The van der Waals surface area contributed by atoms with Gasteiger partial charge in [-0.2, -0.15) is 0 Å². The molecule has 1 aliphatic rings. The molecule has 3 rings (SSSR count). The first-order chi connectivity index (χ1) is 9.28. The second-order valence-electron chi connectivity index (χ2n) is 5.47. The third-order valence-electron chi connectivity index (χ3n) is 3.76. The largest absolute Gasteiger partial charge is 0.361 e. The van der Waals surface area contributed by atoms with Crippen molar-refractivity contribution in [1.82, 2.24) is 9.88 Å². The minimum absolute atomic E-state index is 0.172. The third kappa shape index (κ3) is 2.65. The standard InChI is InChI=1S/C16H20N2O/c1-2-9-18(11-12-3-4-12)16(19)14-6-5-13-7-8-17-15(13)10-14/h5-8,10,12,17H,2-4,9,11H2,1H3. The molecule has 1 heterocycles. The van der Waals surface area contributed by atoms with Crippen molar-refractivity contribution >= 4 is 16.8 Å². The summed E-state index contributed by atoms with van der Waals surface area (Å²) >= 11 is 0. The van der Waals surface area contributed by atoms with E-state index >= 15 is 0 Å². The molecule has 0 atom stereocenters. The molecule has 0 aliphatic heterocycles. The Kier molecular flexibility index (Phi) is 3.28. The number of hydrogen-bond acceptors (Lipinski definition) is 1. The van der Waals surface area contributed by atoms with Crippen LogP contribution in [0, 0.1) is 5.92 Å². The Hall–Kier alpha value is -1.77. The van der Waals surface area contributed by atoms with Crippen LogP contribution in [0.15, 0.2) is 30.5 Å². The first kappa shape index (κ1) is 12.3. The summed E-state index contributed by atoms with van der Waals surface area (Å²) in [6.07, 6.45) is 5.49. The lowest BCUT2D eigenvalue weighted by Crippen LogP contribution is -2.33. The highest BCUT2D eigenvalue weighted by Crippen LogP contribution is 2.30. The second kappa shape index (κ2) is 5.08. The molecule has 1 saturated carbocycles. The molecule has 1 fully saturated rings. The molecule has 0 radical (unpaired) electrons. The Balaban J connectivity index is 1.82. The zero-order chi connectivity index (χ0) is 13.2. The minimum Gasteiger partial charge on any atom is -0.361 e. The van der Waals surface area contributed by atoms with Gasteiger partial charge in [0.2, 0.25) is 0 Å². The molecule has 0 bridgehead atoms. The fourth-order valence-electron chi connectivity index (χ4n) is 2.52. The van der Waals surface area contributed by atoms with E-state index in [0.29, 0.717) is 0 Å². The molecule has 2 aromatic rings. The van der Waals surface area contributed by atoms with Crippen molar-refractivity contribution in [3.63, 3.8) is 0 Å². The number of nitrogens with zero attached hydrogens (tertiary/aromatic N) is 1. The van der Waals surface area contributed by atoms with Crippen LogP contribution in [-0.4, -0.2) is 28.9 Å². The first-order valence-electron chi connectivity index (χ1n) is 7.14. The number of carbonyl (C=O) groups excluding carboxylic acids is 1. The number of nitrogens with one attached hydrogen (secondary N) is 1. The molecule has 1 aromatic carbocycles. The van der Waals surface area contributed by atoms with Crippen LogP contribution in [0.25, 0.3) is 10.9 Å². The number of fused-ring (bicyclic) bond motifs is 1. The summed E-state index contributed by atoms with van der Waals surface area (Å²) in [4.78, 5) is 17.8. The van der Waals surface area contributed by atoms with E-state index < -0.39 is 0 Å². The molecule has 0 unspecified atom stereocenters. The smallest absolute Gasteiger partial charge is 0.253 e. The fraction of sp³-hybridized carbons (Fsp3) is 0.438. The zero-order valence-corrected chi connectivity index (χ0v) is 11.4. The van der Waals surface area contributed by atoms with Gasteiger partial charge in [0, 0.05) is 30.4 Å². The van der Waals surface area contributed by atoms with Gasteiger partial charge in [-0.05, 0) is 48.8 Å². The van der Waals surface area contributed by atoms with Crippen molar-refractivity contribution in [2.45, 2.75) is 26.2 Å². The summed E-state index contributed by atoms with van der Waals surface area (Å²) in [5.41, 5.74) is 1.83. The first-order valence-corrected chi connectivity index (χ1v) is 7.14. The van der Waals surface area contributed by atoms with Crippen LogP contribution in [0.3, 0.4) is 0 Å². The SMILES string of the molecule is CCCN(CC1CC1)C(=O)c1ccc2cc[nH]c2c1. The van der Waals surface area contributed by atoms with Crippen LogP contribution in [0.4, 0.5) is 0 Å². The van der Waals surface area contributed by atoms with E-state index in [4.69, 9.17) is 0 Å². The Morgan fingerprint density at radius 2 is 2.21 bits per heavy atom. The molecule has 1 aliphatic carbocycles. The molecule has 3 heteroatoms. The van der Waals surface area contributed by atoms with Gasteiger partial charge in [-0.3, -0.25) is 4.79 Å². The number of aromatic nitrogens is 1. The maximum absolute atomic E-state index is 12.6. The quantitative estimate of drug-likeness (QED) is 0.874. The summed E-state index contributed by atoms with van der Waals surface area (Å²) in [7, 11) is 0. The van der Waals surface area contributed by atoms with E-state index in [0.717, 1.165) is 41.9 Å². The second-order valence-corrected chi connectivity index (χ2v) is 5.47. The van der Waals surface area contributed by atoms with Crippen molar-refractivity contribution in [2.75, 3.05) is 13.1 Å². The van der Waals surface area contributed by atoms with Gasteiger partial charge < -0.3 is 9.88 Å². The lowest BCUT2D eigenvalue weighted by atomic mass is 10.1.